The summed E-state index contributed by atoms with van der Waals surface area (Å²) in [6.45, 7) is 10.3. The van der Waals surface area contributed by atoms with Crippen molar-refractivity contribution in [2.45, 2.75) is 33.6 Å². The van der Waals surface area contributed by atoms with E-state index in [2.05, 4.69) is 30.9 Å². The zero-order chi connectivity index (χ0) is 21.3. The van der Waals surface area contributed by atoms with E-state index in [0.717, 1.165) is 47.2 Å². The van der Waals surface area contributed by atoms with Gasteiger partial charge in [0.25, 0.3) is 0 Å². The molecule has 7 heteroatoms. The molecule has 0 bridgehead atoms. The van der Waals surface area contributed by atoms with Gasteiger partial charge >= 0.3 is 0 Å². The van der Waals surface area contributed by atoms with Gasteiger partial charge in [-0.3, -0.25) is 9.69 Å². The third-order valence-electron chi connectivity index (χ3n) is 5.20. The lowest BCUT2D eigenvalue weighted by atomic mass is 10.1. The minimum absolute atomic E-state index is 0. The number of aryl methyl sites for hydroxylation is 1. The van der Waals surface area contributed by atoms with E-state index in [-0.39, 0.29) is 18.3 Å². The van der Waals surface area contributed by atoms with Crippen molar-refractivity contribution in [3.05, 3.63) is 54.1 Å². The van der Waals surface area contributed by atoms with Crippen LogP contribution < -0.4 is 9.64 Å². The molecule has 1 aromatic heterocycles. The molecular formula is C24H32ClN3O2S. The number of rotatable bonds is 11. The van der Waals surface area contributed by atoms with Crippen molar-refractivity contribution in [1.29, 1.82) is 0 Å². The SMILES string of the molecule is CCOc1ccc2nc(N(CCN(CC)CC)C(=O)CCc3ccccc3)sc2c1.Cl. The Morgan fingerprint density at radius 2 is 1.77 bits per heavy atom. The third-order valence-corrected chi connectivity index (χ3v) is 6.24. The summed E-state index contributed by atoms with van der Waals surface area (Å²) in [7, 11) is 0. The number of benzene rings is 2. The fourth-order valence-electron chi connectivity index (χ4n) is 3.40. The van der Waals surface area contributed by atoms with Crippen molar-refractivity contribution in [3.8, 4) is 5.75 Å². The maximum atomic E-state index is 13.2. The van der Waals surface area contributed by atoms with Crippen LogP contribution >= 0.6 is 23.7 Å². The highest BCUT2D eigenvalue weighted by Crippen LogP contribution is 2.32. The molecule has 0 fully saturated rings. The molecule has 0 saturated heterocycles. The van der Waals surface area contributed by atoms with E-state index in [9.17, 15) is 4.79 Å². The first kappa shape index (κ1) is 25.1. The normalized spacial score (nSPS) is 10.8. The molecule has 5 nitrogen and oxygen atoms in total. The van der Waals surface area contributed by atoms with E-state index in [4.69, 9.17) is 9.72 Å². The van der Waals surface area contributed by atoms with Gasteiger partial charge in [0.1, 0.15) is 5.75 Å². The van der Waals surface area contributed by atoms with Crippen LogP contribution in [0.25, 0.3) is 10.2 Å². The fourth-order valence-corrected chi connectivity index (χ4v) is 4.44. The van der Waals surface area contributed by atoms with E-state index < -0.39 is 0 Å². The number of hydrogen-bond donors (Lipinski definition) is 0. The average molecular weight is 462 g/mol. The summed E-state index contributed by atoms with van der Waals surface area (Å²) in [5.74, 6) is 0.959. The van der Waals surface area contributed by atoms with E-state index in [1.54, 1.807) is 11.3 Å². The van der Waals surface area contributed by atoms with Crippen LogP contribution in [-0.2, 0) is 11.2 Å². The highest BCUT2D eigenvalue weighted by Gasteiger charge is 2.20. The van der Waals surface area contributed by atoms with Crippen molar-refractivity contribution in [2.75, 3.05) is 37.7 Å². The standard InChI is InChI=1S/C24H31N3O2S.ClH/c1-4-26(5-2)16-17-27(23(28)15-12-19-10-8-7-9-11-19)24-25-21-14-13-20(29-6-3)18-22(21)30-24;/h7-11,13-14,18H,4-6,12,15-17H2,1-3H3;1H. The number of halogens is 1. The number of carbonyl (C=O) groups is 1. The predicted molar refractivity (Wildman–Crippen MR) is 133 cm³/mol. The van der Waals surface area contributed by atoms with E-state index in [1.807, 2.05) is 48.2 Å². The smallest absolute Gasteiger partial charge is 0.229 e. The number of hydrogen-bond acceptors (Lipinski definition) is 5. The number of nitrogens with zero attached hydrogens (tertiary/aromatic N) is 3. The van der Waals surface area contributed by atoms with E-state index in [1.165, 1.54) is 5.56 Å². The molecule has 0 aliphatic heterocycles. The fraction of sp³-hybridized carbons (Fsp3) is 0.417. The number of thiazole rings is 1. The summed E-state index contributed by atoms with van der Waals surface area (Å²) in [5, 5.41) is 0.767. The molecule has 3 aromatic rings. The number of anilines is 1. The molecular weight excluding hydrogens is 430 g/mol. The molecule has 0 saturated carbocycles. The number of aromatic nitrogens is 1. The van der Waals surface area contributed by atoms with Gasteiger partial charge in [0.15, 0.2) is 5.13 Å². The summed E-state index contributed by atoms with van der Waals surface area (Å²) in [4.78, 5) is 22.2. The van der Waals surface area contributed by atoms with Gasteiger partial charge in [0, 0.05) is 19.5 Å². The van der Waals surface area contributed by atoms with Crippen LogP contribution in [0.3, 0.4) is 0 Å². The topological polar surface area (TPSA) is 45.7 Å². The summed E-state index contributed by atoms with van der Waals surface area (Å²) in [5.41, 5.74) is 2.09. The van der Waals surface area contributed by atoms with Gasteiger partial charge in [-0.15, -0.1) is 12.4 Å². The van der Waals surface area contributed by atoms with E-state index in [0.29, 0.717) is 19.6 Å². The van der Waals surface area contributed by atoms with Crippen LogP contribution in [0, 0.1) is 0 Å². The lowest BCUT2D eigenvalue weighted by Crippen LogP contribution is -2.39. The number of likely N-dealkylation sites (N-methyl/N-ethyl adjacent to an activating group) is 1. The van der Waals surface area contributed by atoms with Gasteiger partial charge in [-0.1, -0.05) is 55.5 Å². The molecule has 2 aromatic carbocycles. The molecule has 168 valence electrons. The minimum atomic E-state index is 0. The van der Waals surface area contributed by atoms with Gasteiger partial charge in [-0.2, -0.15) is 0 Å². The molecule has 0 N–H and O–H groups in total. The number of carbonyl (C=O) groups excluding carboxylic acids is 1. The molecule has 0 spiro atoms. The Bertz CT molecular complexity index is 944. The first-order valence-corrected chi connectivity index (χ1v) is 11.6. The second-order valence-corrected chi connectivity index (χ2v) is 8.13. The van der Waals surface area contributed by atoms with Crippen molar-refractivity contribution >= 4 is 45.0 Å². The van der Waals surface area contributed by atoms with Crippen LogP contribution in [0.2, 0.25) is 0 Å². The van der Waals surface area contributed by atoms with Gasteiger partial charge in [-0.05, 0) is 50.2 Å². The Morgan fingerprint density at radius 3 is 2.45 bits per heavy atom. The summed E-state index contributed by atoms with van der Waals surface area (Å²) in [6, 6.07) is 16.1. The minimum Gasteiger partial charge on any atom is -0.494 e. The highest BCUT2D eigenvalue weighted by atomic mass is 35.5. The van der Waals surface area contributed by atoms with Crippen LogP contribution in [0.1, 0.15) is 32.8 Å². The monoisotopic (exact) mass is 461 g/mol. The third kappa shape index (κ3) is 6.92. The van der Waals surface area contributed by atoms with Gasteiger partial charge < -0.3 is 9.64 Å². The maximum absolute atomic E-state index is 13.2. The highest BCUT2D eigenvalue weighted by molar-refractivity contribution is 7.22. The Labute approximate surface area is 195 Å². The number of fused-ring (bicyclic) bond motifs is 1. The number of amides is 1. The summed E-state index contributed by atoms with van der Waals surface area (Å²) in [6.07, 6.45) is 1.21. The number of ether oxygens (including phenoxy) is 1. The lowest BCUT2D eigenvalue weighted by molar-refractivity contribution is -0.118. The second kappa shape index (κ2) is 12.6. The van der Waals surface area contributed by atoms with Gasteiger partial charge in [0.2, 0.25) is 5.91 Å². The van der Waals surface area contributed by atoms with Crippen LogP contribution in [0.5, 0.6) is 5.75 Å². The van der Waals surface area contributed by atoms with E-state index >= 15 is 0 Å². The van der Waals surface area contributed by atoms with Crippen molar-refractivity contribution in [3.63, 3.8) is 0 Å². The van der Waals surface area contributed by atoms with Crippen LogP contribution in [0.15, 0.2) is 48.5 Å². The van der Waals surface area contributed by atoms with Crippen LogP contribution in [0.4, 0.5) is 5.13 Å². The van der Waals surface area contributed by atoms with Crippen molar-refractivity contribution < 1.29 is 9.53 Å². The first-order chi connectivity index (χ1) is 14.6. The van der Waals surface area contributed by atoms with Crippen LogP contribution in [-0.4, -0.2) is 48.6 Å². The summed E-state index contributed by atoms with van der Waals surface area (Å²) >= 11 is 1.56. The van der Waals surface area contributed by atoms with Crippen molar-refractivity contribution in [2.24, 2.45) is 0 Å². The lowest BCUT2D eigenvalue weighted by Gasteiger charge is -2.24. The quantitative estimate of drug-likeness (QED) is 0.382. The second-order valence-electron chi connectivity index (χ2n) is 7.12. The first-order valence-electron chi connectivity index (χ1n) is 10.7. The molecule has 0 aliphatic rings. The largest absolute Gasteiger partial charge is 0.494 e. The zero-order valence-electron chi connectivity index (χ0n) is 18.5. The Morgan fingerprint density at radius 1 is 1.03 bits per heavy atom. The van der Waals surface area contributed by atoms with Gasteiger partial charge in [-0.25, -0.2) is 4.98 Å². The summed E-state index contributed by atoms with van der Waals surface area (Å²) < 4.78 is 6.66. The zero-order valence-corrected chi connectivity index (χ0v) is 20.2. The molecule has 3 rings (SSSR count). The maximum Gasteiger partial charge on any atom is 0.229 e. The van der Waals surface area contributed by atoms with Crippen molar-refractivity contribution in [1.82, 2.24) is 9.88 Å². The Kier molecular flexibility index (Phi) is 10.2. The molecule has 31 heavy (non-hydrogen) atoms. The predicted octanol–water partition coefficient (Wildman–Crippen LogP) is 5.42. The molecule has 0 radical (unpaired) electrons. The van der Waals surface area contributed by atoms with Gasteiger partial charge in [0.05, 0.1) is 16.8 Å². The molecule has 0 unspecified atom stereocenters. The molecule has 0 aliphatic carbocycles. The Balaban J connectivity index is 0.00000341. The average Bonchev–Trinajstić information content (AvgIpc) is 3.19. The Hall–Kier alpha value is -2.15. The molecule has 0 atom stereocenters. The molecule has 1 amide bonds. The molecule has 1 heterocycles.